The smallest absolute Gasteiger partial charge is 0.410 e. The molecule has 5 aliphatic rings. The second kappa shape index (κ2) is 35.3. The molecule has 0 radical (unpaired) electrons. The summed E-state index contributed by atoms with van der Waals surface area (Å²) in [5, 5.41) is 123. The number of carbonyl (C=O) groups excluding carboxylic acids is 5. The van der Waals surface area contributed by atoms with Gasteiger partial charge >= 0.3 is 24.0 Å². The maximum Gasteiger partial charge on any atom is 0.410 e. The number of aliphatic carboxylic acids is 1. The van der Waals surface area contributed by atoms with Crippen LogP contribution in [0.5, 0.6) is 0 Å². The summed E-state index contributed by atoms with van der Waals surface area (Å²) < 4.78 is 33.9. The van der Waals surface area contributed by atoms with E-state index in [1.54, 1.807) is 86.8 Å². The number of likely N-dealkylation sites (tertiary alicyclic amines) is 1. The topological polar surface area (TPSA) is 396 Å². The van der Waals surface area contributed by atoms with E-state index in [0.717, 1.165) is 0 Å². The summed E-state index contributed by atoms with van der Waals surface area (Å²) in [7, 11) is 0. The van der Waals surface area contributed by atoms with Crippen LogP contribution >= 0.6 is 12.6 Å². The fraction of sp³-hybridized carbons (Fsp3) is 0.672. The SMILES string of the molecule is C[C@@H]1[C@H](O)[C@@H](C)/C=C/C=C/C=C/C=C/C=C/C=C/C=C/[C@H](O[C@@H]2O[C@H](C)[C@@H](O)[C@H](NC(=O)OCOC(=O)C3CCC(CN4C(=O)CC(S)C4=O)CC3)[C@@H]2O)C[C@@H]2O[C@](O)(C[C@@H](O)C[C@@H](O)[C@H](O)CC[C@@H](O)C[C@@H](O)CC(=O)O[C@H]1C)C[C@H](O)[C@H]2C(=O)O. The summed E-state index contributed by atoms with van der Waals surface area (Å²) in [4.78, 5) is 77.3. The van der Waals surface area contributed by atoms with Crippen molar-refractivity contribution in [2.24, 2.45) is 29.6 Å². The second-order valence-electron chi connectivity index (χ2n) is 23.5. The first-order valence-corrected chi connectivity index (χ1v) is 30.2. The van der Waals surface area contributed by atoms with Crippen LogP contribution < -0.4 is 5.32 Å². The zero-order valence-electron chi connectivity index (χ0n) is 49.5. The fourth-order valence-corrected chi connectivity index (χ4v) is 11.5. The average Bonchev–Trinajstić information content (AvgIpc) is 1.52. The minimum atomic E-state index is -2.44. The average molecular weight is 1250 g/mol. The Labute approximate surface area is 512 Å². The summed E-state index contributed by atoms with van der Waals surface area (Å²) >= 11 is 4.16. The molecule has 4 fully saturated rings. The predicted octanol–water partition coefficient (Wildman–Crippen LogP) is 1.84. The lowest BCUT2D eigenvalue weighted by molar-refractivity contribution is -0.309. The van der Waals surface area contributed by atoms with Gasteiger partial charge in [0.1, 0.15) is 24.2 Å². The molecule has 5 rings (SSSR count). The van der Waals surface area contributed by atoms with Crippen molar-refractivity contribution in [3.8, 4) is 0 Å². The van der Waals surface area contributed by atoms with Crippen LogP contribution in [0.25, 0.3) is 0 Å². The number of amides is 3. The van der Waals surface area contributed by atoms with E-state index in [1.807, 2.05) is 6.92 Å². The van der Waals surface area contributed by atoms with Crippen molar-refractivity contribution >= 4 is 48.4 Å². The first-order valence-electron chi connectivity index (χ1n) is 29.7. The van der Waals surface area contributed by atoms with E-state index < -0.39 is 183 Å². The maximum absolute atomic E-state index is 13.1. The zero-order chi connectivity index (χ0) is 64.1. The molecule has 4 heterocycles. The number of aliphatic hydroxyl groups is 10. The van der Waals surface area contributed by atoms with E-state index >= 15 is 0 Å². The molecule has 20 atom stereocenters. The number of cyclic esters (lactones) is 1. The lowest BCUT2D eigenvalue weighted by Gasteiger charge is -2.45. The van der Waals surface area contributed by atoms with Crippen LogP contribution in [0.4, 0.5) is 4.79 Å². The fourth-order valence-electron chi connectivity index (χ4n) is 11.2. The van der Waals surface area contributed by atoms with Gasteiger partial charge in [0.15, 0.2) is 12.1 Å². The van der Waals surface area contributed by atoms with Crippen LogP contribution in [0, 0.1) is 29.6 Å². The molecule has 2 bridgehead atoms. The number of imide groups is 1. The molecule has 12 N–H and O–H groups in total. The highest BCUT2D eigenvalue weighted by Crippen LogP contribution is 2.39. The molecule has 0 aromatic rings. The number of aliphatic hydroxyl groups excluding tert-OH is 9. The van der Waals surface area contributed by atoms with Crippen molar-refractivity contribution in [1.29, 1.82) is 0 Å². The van der Waals surface area contributed by atoms with Crippen molar-refractivity contribution in [3.05, 3.63) is 85.1 Å². The van der Waals surface area contributed by atoms with E-state index in [1.165, 1.54) is 24.0 Å². The summed E-state index contributed by atoms with van der Waals surface area (Å²) in [6, 6.07) is -1.54. The number of rotatable bonds is 9. The van der Waals surface area contributed by atoms with Crippen LogP contribution in [-0.2, 0) is 52.4 Å². The van der Waals surface area contributed by atoms with E-state index in [2.05, 4.69) is 17.9 Å². The van der Waals surface area contributed by atoms with Gasteiger partial charge in [-0.2, -0.15) is 12.6 Å². The van der Waals surface area contributed by atoms with Crippen molar-refractivity contribution in [2.75, 3.05) is 13.3 Å². The van der Waals surface area contributed by atoms with Gasteiger partial charge in [0.05, 0.1) is 84.7 Å². The Morgan fingerprint density at radius 2 is 1.28 bits per heavy atom. The Bertz CT molecular complexity index is 2460. The van der Waals surface area contributed by atoms with Gasteiger partial charge in [-0.15, -0.1) is 0 Å². The Morgan fingerprint density at radius 3 is 1.87 bits per heavy atom. The number of alkyl carbamates (subject to hydrolysis) is 1. The van der Waals surface area contributed by atoms with Crippen LogP contribution in [0.15, 0.2) is 85.1 Å². The molecule has 1 aliphatic carbocycles. The lowest BCUT2D eigenvalue weighted by atomic mass is 9.82. The molecule has 87 heavy (non-hydrogen) atoms. The number of ether oxygens (including phenoxy) is 6. The van der Waals surface area contributed by atoms with Crippen LogP contribution in [0.3, 0.4) is 0 Å². The minimum absolute atomic E-state index is 0.00875. The third-order valence-corrected chi connectivity index (χ3v) is 16.9. The van der Waals surface area contributed by atoms with Gasteiger partial charge in [-0.05, 0) is 64.7 Å². The largest absolute Gasteiger partial charge is 0.481 e. The number of allylic oxidation sites excluding steroid dienone is 12. The molecule has 0 aromatic carbocycles. The number of carboxylic acids is 1. The quantitative estimate of drug-likeness (QED) is 0.0678. The summed E-state index contributed by atoms with van der Waals surface area (Å²) in [5.41, 5.74) is 0. The lowest BCUT2D eigenvalue weighted by Crippen LogP contribution is -2.64. The first-order chi connectivity index (χ1) is 41.2. The summed E-state index contributed by atoms with van der Waals surface area (Å²) in [6.45, 7) is 5.99. The number of hydrogen-bond donors (Lipinski definition) is 13. The molecular formula is C61H90N2O23S. The molecule has 0 aromatic heterocycles. The molecule has 488 valence electrons. The molecule has 3 amide bonds. The van der Waals surface area contributed by atoms with Crippen molar-refractivity contribution in [2.45, 2.75) is 214 Å². The summed E-state index contributed by atoms with van der Waals surface area (Å²) in [5.74, 6) is -9.06. The van der Waals surface area contributed by atoms with Crippen LogP contribution in [0.2, 0.25) is 0 Å². The molecule has 0 spiro atoms. The van der Waals surface area contributed by atoms with Crippen molar-refractivity contribution in [3.63, 3.8) is 0 Å². The number of nitrogens with zero attached hydrogens (tertiary/aromatic N) is 1. The van der Waals surface area contributed by atoms with E-state index in [4.69, 9.17) is 28.4 Å². The Balaban J connectivity index is 1.28. The molecular weight excluding hydrogens is 1160 g/mol. The van der Waals surface area contributed by atoms with Crippen LogP contribution in [0.1, 0.15) is 111 Å². The van der Waals surface area contributed by atoms with Gasteiger partial charge in [0, 0.05) is 50.5 Å². The zero-order valence-corrected chi connectivity index (χ0v) is 50.4. The first kappa shape index (κ1) is 72.6. The number of fused-ring (bicyclic) bond motifs is 2. The number of hydrogen-bond acceptors (Lipinski definition) is 23. The van der Waals surface area contributed by atoms with Gasteiger partial charge < -0.3 is 89.9 Å². The number of esters is 2. The van der Waals surface area contributed by atoms with Crippen molar-refractivity contribution < 1.29 is 113 Å². The second-order valence-corrected chi connectivity index (χ2v) is 24.1. The molecule has 1 saturated carbocycles. The predicted molar refractivity (Wildman–Crippen MR) is 313 cm³/mol. The van der Waals surface area contributed by atoms with Gasteiger partial charge in [0.2, 0.25) is 18.6 Å². The molecule has 25 nitrogen and oxygen atoms in total. The molecule has 1 unspecified atom stereocenters. The highest BCUT2D eigenvalue weighted by Gasteiger charge is 2.51. The van der Waals surface area contributed by atoms with E-state index in [0.29, 0.717) is 25.7 Å². The highest BCUT2D eigenvalue weighted by atomic mass is 32.1. The van der Waals surface area contributed by atoms with E-state index in [-0.39, 0.29) is 55.9 Å². The molecule has 4 aliphatic heterocycles. The summed E-state index contributed by atoms with van der Waals surface area (Å²) in [6.07, 6.45) is 0.909. The van der Waals surface area contributed by atoms with Gasteiger partial charge in [-0.1, -0.05) is 98.9 Å². The number of carbonyl (C=O) groups is 6. The van der Waals surface area contributed by atoms with Crippen molar-refractivity contribution in [1.82, 2.24) is 10.2 Å². The van der Waals surface area contributed by atoms with Gasteiger partial charge in [0.25, 0.3) is 0 Å². The Hall–Kier alpha value is -5.17. The van der Waals surface area contributed by atoms with Crippen LogP contribution in [-0.4, -0.2) is 213 Å². The third-order valence-electron chi connectivity index (χ3n) is 16.5. The number of thiol groups is 1. The highest BCUT2D eigenvalue weighted by molar-refractivity contribution is 7.81. The van der Waals surface area contributed by atoms with Gasteiger partial charge in [-0.25, -0.2) is 4.79 Å². The third kappa shape index (κ3) is 23.0. The number of carboxylic acid groups (broad SMARTS) is 1. The number of nitrogens with one attached hydrogen (secondary N) is 1. The van der Waals surface area contributed by atoms with E-state index in [9.17, 15) is 84.9 Å². The van der Waals surface area contributed by atoms with Gasteiger partial charge in [-0.3, -0.25) is 28.9 Å². The Kier molecular flexibility index (Phi) is 29.4. The Morgan fingerprint density at radius 1 is 0.667 bits per heavy atom. The normalized spacial score (nSPS) is 41.4. The standard InChI is InChI=1S/C61H90N2O23S/c1-34-17-15-13-11-9-7-5-6-8-10-12-14-16-18-43(85-59-55(74)52(54(73)37(4)84-59)62-60(79)82-33-81-58(78)39-21-19-38(20-22-39)32-63-49(70)29-48(87)56(63)75)28-47-51(57(76)77)46(69)31-61(80,86-47)30-42(66)26-45(68)44(67)24-23-40(64)25-41(65)27-50(71)83-36(3)35(2)53(34)72/h5-18,34-48,51-55,59,64-69,72-74,80,87H,19-33H2,1-4H3,(H,62,79)(H,76,77)/b6-5+,9-7+,10-8+,13-11+,14-12+,17-15+,18-16+/t34-,35-,36-,37+,38?,39?,40+,41+,42-,43-,44+,45+,46-,47-,48?,51+,52-,53+,54+,55-,59-,61+/m0/s1. The maximum atomic E-state index is 13.1. The molecule has 26 heteroatoms. The monoisotopic (exact) mass is 1250 g/mol. The minimum Gasteiger partial charge on any atom is -0.481 e. The molecule has 3 saturated heterocycles.